The van der Waals surface area contributed by atoms with Gasteiger partial charge in [-0.05, 0) is 62.8 Å². The zero-order valence-corrected chi connectivity index (χ0v) is 16.1. The van der Waals surface area contributed by atoms with E-state index in [-0.39, 0.29) is 12.0 Å². The summed E-state index contributed by atoms with van der Waals surface area (Å²) in [6.07, 6.45) is 2.55. The topological polar surface area (TPSA) is 67.6 Å². The van der Waals surface area contributed by atoms with Gasteiger partial charge in [-0.25, -0.2) is 0 Å². The number of pyridine rings is 1. The average Bonchev–Trinajstić information content (AvgIpc) is 3.22. The third-order valence-electron chi connectivity index (χ3n) is 5.99. The Morgan fingerprint density at radius 3 is 2.59 bits per heavy atom. The van der Waals surface area contributed by atoms with Crippen molar-refractivity contribution >= 4 is 5.91 Å². The fraction of sp³-hybridized carbons (Fsp3) is 0.524. The Morgan fingerprint density at radius 2 is 1.93 bits per heavy atom. The maximum absolute atomic E-state index is 12.8. The van der Waals surface area contributed by atoms with Crippen LogP contribution < -0.4 is 4.74 Å². The summed E-state index contributed by atoms with van der Waals surface area (Å²) in [6.45, 7) is 5.32. The smallest absolute Gasteiger partial charge is 0.270 e. The lowest BCUT2D eigenvalue weighted by molar-refractivity contribution is -0.0236. The van der Waals surface area contributed by atoms with Crippen molar-refractivity contribution < 1.29 is 14.6 Å². The van der Waals surface area contributed by atoms with Crippen molar-refractivity contribution in [2.24, 2.45) is 18.9 Å². The Bertz CT molecular complexity index is 847. The first kappa shape index (κ1) is 18.0. The predicted molar refractivity (Wildman–Crippen MR) is 102 cm³/mol. The van der Waals surface area contributed by atoms with Crippen molar-refractivity contribution in [2.45, 2.75) is 38.9 Å². The summed E-state index contributed by atoms with van der Waals surface area (Å²) in [5.74, 6) is 1.50. The quantitative estimate of drug-likeness (QED) is 0.902. The van der Waals surface area contributed by atoms with Gasteiger partial charge < -0.3 is 19.3 Å². The number of likely N-dealkylation sites (tertiary alicyclic amines) is 1. The molecule has 3 heterocycles. The Labute approximate surface area is 159 Å². The molecule has 2 aromatic rings. The minimum atomic E-state index is -0.517. The molecule has 1 saturated heterocycles. The molecule has 1 aliphatic heterocycles. The molecule has 144 valence electrons. The van der Waals surface area contributed by atoms with Crippen LogP contribution in [-0.2, 0) is 7.05 Å². The number of aliphatic hydroxyl groups is 1. The predicted octanol–water partition coefficient (Wildman–Crippen LogP) is 2.33. The average molecular weight is 369 g/mol. The van der Waals surface area contributed by atoms with Crippen molar-refractivity contribution in [2.75, 3.05) is 13.1 Å². The number of hydrogen-bond donors (Lipinski definition) is 1. The molecule has 0 radical (unpaired) electrons. The van der Waals surface area contributed by atoms with E-state index in [1.165, 1.54) is 0 Å². The summed E-state index contributed by atoms with van der Waals surface area (Å²) in [7, 11) is 1.89. The van der Waals surface area contributed by atoms with Crippen LogP contribution in [0.4, 0.5) is 0 Å². The van der Waals surface area contributed by atoms with Gasteiger partial charge >= 0.3 is 0 Å². The lowest BCUT2D eigenvalue weighted by Crippen LogP contribution is -2.42. The number of hydrogen-bond acceptors (Lipinski definition) is 4. The summed E-state index contributed by atoms with van der Waals surface area (Å²) in [4.78, 5) is 19.2. The Balaban J connectivity index is 1.44. The van der Waals surface area contributed by atoms with Gasteiger partial charge in [0.15, 0.2) is 0 Å². The van der Waals surface area contributed by atoms with Crippen molar-refractivity contribution in [1.29, 1.82) is 0 Å². The highest BCUT2D eigenvalue weighted by atomic mass is 16.5. The molecule has 0 bridgehead atoms. The van der Waals surface area contributed by atoms with Crippen molar-refractivity contribution in [1.82, 2.24) is 14.5 Å². The number of amides is 1. The molecule has 27 heavy (non-hydrogen) atoms. The summed E-state index contributed by atoms with van der Waals surface area (Å²) >= 11 is 0. The number of aryl methyl sites for hydroxylation is 3. The maximum Gasteiger partial charge on any atom is 0.270 e. The van der Waals surface area contributed by atoms with Crippen LogP contribution in [0.15, 0.2) is 30.5 Å². The Hall–Kier alpha value is -2.34. The molecule has 0 spiro atoms. The monoisotopic (exact) mass is 369 g/mol. The standard InChI is InChI=1S/C21H27N3O3/c1-13-6-7-19(14(2)22-13)27-20-10-16-12-24(11-15(16)9-18(20)25)21(26)17-5-4-8-23(17)3/h4-8,15-16,18,20,25H,9-12H2,1-3H3/t15-,16+,18+,20+/m0/s1. The number of carbonyl (C=O) groups excluding carboxylic acids is 1. The van der Waals surface area contributed by atoms with Crippen LogP contribution in [0.5, 0.6) is 5.75 Å². The van der Waals surface area contributed by atoms with E-state index in [1.807, 2.05) is 60.8 Å². The number of carbonyl (C=O) groups is 1. The van der Waals surface area contributed by atoms with Crippen LogP contribution in [0.1, 0.15) is 34.7 Å². The van der Waals surface area contributed by atoms with Crippen LogP contribution in [0.3, 0.4) is 0 Å². The van der Waals surface area contributed by atoms with Crippen LogP contribution in [0.2, 0.25) is 0 Å². The van der Waals surface area contributed by atoms with Gasteiger partial charge in [0, 0.05) is 32.0 Å². The molecule has 1 N–H and O–H groups in total. The lowest BCUT2D eigenvalue weighted by atomic mass is 9.78. The second-order valence-corrected chi connectivity index (χ2v) is 7.97. The number of ether oxygens (including phenoxy) is 1. The van der Waals surface area contributed by atoms with Crippen LogP contribution >= 0.6 is 0 Å². The number of aliphatic hydroxyl groups excluding tert-OH is 1. The van der Waals surface area contributed by atoms with Gasteiger partial charge in [-0.3, -0.25) is 9.78 Å². The minimum absolute atomic E-state index is 0.0717. The molecule has 1 saturated carbocycles. The molecular weight excluding hydrogens is 342 g/mol. The molecule has 1 aliphatic carbocycles. The zero-order valence-electron chi connectivity index (χ0n) is 16.1. The fourth-order valence-corrected chi connectivity index (χ4v) is 4.49. The molecule has 2 aromatic heterocycles. The summed E-state index contributed by atoms with van der Waals surface area (Å²) in [6, 6.07) is 7.60. The van der Waals surface area contributed by atoms with E-state index >= 15 is 0 Å². The van der Waals surface area contributed by atoms with Gasteiger partial charge in [0.1, 0.15) is 17.5 Å². The molecule has 4 atom stereocenters. The highest BCUT2D eigenvalue weighted by molar-refractivity contribution is 5.93. The first-order valence-electron chi connectivity index (χ1n) is 9.62. The number of nitrogens with zero attached hydrogens (tertiary/aromatic N) is 3. The molecule has 6 nitrogen and oxygen atoms in total. The van der Waals surface area contributed by atoms with Gasteiger partial charge in [-0.1, -0.05) is 0 Å². The normalized spacial score (nSPS) is 27.5. The van der Waals surface area contributed by atoms with Gasteiger partial charge in [0.25, 0.3) is 5.91 Å². The highest BCUT2D eigenvalue weighted by Gasteiger charge is 2.44. The molecule has 0 unspecified atom stereocenters. The molecule has 6 heteroatoms. The van der Waals surface area contributed by atoms with Crippen molar-refractivity contribution in [3.63, 3.8) is 0 Å². The Kier molecular flexibility index (Phi) is 4.68. The van der Waals surface area contributed by atoms with Crippen LogP contribution in [-0.4, -0.2) is 50.8 Å². The van der Waals surface area contributed by atoms with Gasteiger partial charge in [-0.15, -0.1) is 0 Å². The van der Waals surface area contributed by atoms with E-state index in [4.69, 9.17) is 4.74 Å². The second-order valence-electron chi connectivity index (χ2n) is 7.97. The molecule has 4 rings (SSSR count). The van der Waals surface area contributed by atoms with Gasteiger partial charge in [-0.2, -0.15) is 0 Å². The second kappa shape index (κ2) is 7.00. The lowest BCUT2D eigenvalue weighted by Gasteiger charge is -2.35. The van der Waals surface area contributed by atoms with E-state index in [0.717, 1.165) is 30.1 Å². The fourth-order valence-electron chi connectivity index (χ4n) is 4.49. The third kappa shape index (κ3) is 3.46. The summed E-state index contributed by atoms with van der Waals surface area (Å²) in [5.41, 5.74) is 2.51. The van der Waals surface area contributed by atoms with E-state index in [2.05, 4.69) is 4.98 Å². The molecule has 0 aromatic carbocycles. The van der Waals surface area contributed by atoms with E-state index in [0.29, 0.717) is 30.5 Å². The maximum atomic E-state index is 12.8. The molecule has 2 fully saturated rings. The first-order chi connectivity index (χ1) is 12.9. The van der Waals surface area contributed by atoms with Gasteiger partial charge in [0.2, 0.25) is 0 Å². The highest BCUT2D eigenvalue weighted by Crippen LogP contribution is 2.38. The van der Waals surface area contributed by atoms with E-state index < -0.39 is 6.10 Å². The van der Waals surface area contributed by atoms with Crippen molar-refractivity contribution in [3.8, 4) is 5.75 Å². The Morgan fingerprint density at radius 1 is 1.19 bits per heavy atom. The SMILES string of the molecule is Cc1ccc(O[C@@H]2C[C@@H]3CN(C(=O)c4cccn4C)C[C@@H]3C[C@H]2O)c(C)n1. The summed E-state index contributed by atoms with van der Waals surface area (Å²) < 4.78 is 7.99. The molecule has 1 amide bonds. The third-order valence-corrected chi connectivity index (χ3v) is 5.99. The van der Waals surface area contributed by atoms with E-state index in [9.17, 15) is 9.90 Å². The largest absolute Gasteiger partial charge is 0.486 e. The number of fused-ring (bicyclic) bond motifs is 1. The number of rotatable bonds is 3. The molecular formula is C21H27N3O3. The van der Waals surface area contributed by atoms with Crippen LogP contribution in [0, 0.1) is 25.7 Å². The first-order valence-corrected chi connectivity index (χ1v) is 9.62. The van der Waals surface area contributed by atoms with Crippen LogP contribution in [0.25, 0.3) is 0 Å². The van der Waals surface area contributed by atoms with E-state index in [1.54, 1.807) is 0 Å². The van der Waals surface area contributed by atoms with Crippen molar-refractivity contribution in [3.05, 3.63) is 47.5 Å². The summed E-state index contributed by atoms with van der Waals surface area (Å²) in [5, 5.41) is 10.6. The minimum Gasteiger partial charge on any atom is -0.486 e. The van der Waals surface area contributed by atoms with Gasteiger partial charge in [0.05, 0.1) is 11.8 Å². The molecule has 2 aliphatic rings. The number of aromatic nitrogens is 2. The zero-order chi connectivity index (χ0) is 19.1.